The molecule has 1 heterocycles. The molecule has 1 rings (SSSR count). The topological polar surface area (TPSA) is 65.5 Å². The van der Waals surface area contributed by atoms with E-state index in [4.69, 9.17) is 9.47 Å². The lowest BCUT2D eigenvalue weighted by molar-refractivity contribution is -0.154. The van der Waals surface area contributed by atoms with Crippen molar-refractivity contribution in [3.63, 3.8) is 0 Å². The van der Waals surface area contributed by atoms with E-state index < -0.39 is 5.92 Å². The maximum Gasteiger partial charge on any atom is 0.309 e. The number of hydrogen-bond acceptors (Lipinski definition) is 5. The molecule has 1 aromatic heterocycles. The first kappa shape index (κ1) is 15.1. The van der Waals surface area contributed by atoms with E-state index in [1.54, 1.807) is 26.2 Å². The van der Waals surface area contributed by atoms with Crippen molar-refractivity contribution in [1.29, 1.82) is 0 Å². The zero-order chi connectivity index (χ0) is 14.1. The molecule has 0 N–H and O–H groups in total. The fraction of sp³-hybridized carbons (Fsp3) is 0.500. The number of carbonyl (C=O) groups is 2. The Morgan fingerprint density at radius 2 is 1.79 bits per heavy atom. The van der Waals surface area contributed by atoms with Crippen LogP contribution >= 0.6 is 0 Å². The normalized spacial score (nSPS) is 11.7. The molecule has 0 aromatic carbocycles. The summed E-state index contributed by atoms with van der Waals surface area (Å²) >= 11 is 0. The molecule has 0 radical (unpaired) electrons. The molecule has 0 saturated carbocycles. The molecular formula is C14H19NO4. The monoisotopic (exact) mass is 265 g/mol. The van der Waals surface area contributed by atoms with Gasteiger partial charge < -0.3 is 9.47 Å². The van der Waals surface area contributed by atoms with Gasteiger partial charge in [0.15, 0.2) is 0 Å². The van der Waals surface area contributed by atoms with Gasteiger partial charge in [0.2, 0.25) is 0 Å². The van der Waals surface area contributed by atoms with Crippen molar-refractivity contribution in [2.24, 2.45) is 5.92 Å². The quantitative estimate of drug-likeness (QED) is 0.703. The molecule has 0 aliphatic carbocycles. The average molecular weight is 265 g/mol. The minimum absolute atomic E-state index is 0.0367. The number of rotatable bonds is 7. The van der Waals surface area contributed by atoms with Crippen LogP contribution in [0.4, 0.5) is 0 Å². The van der Waals surface area contributed by atoms with Gasteiger partial charge >= 0.3 is 11.9 Å². The molecule has 0 fully saturated rings. The van der Waals surface area contributed by atoms with Gasteiger partial charge in [0, 0.05) is 12.4 Å². The first-order valence-electron chi connectivity index (χ1n) is 6.38. The van der Waals surface area contributed by atoms with Crippen LogP contribution < -0.4 is 0 Å². The summed E-state index contributed by atoms with van der Waals surface area (Å²) in [5, 5.41) is 0. The van der Waals surface area contributed by atoms with Crippen molar-refractivity contribution >= 4 is 11.9 Å². The molecule has 19 heavy (non-hydrogen) atoms. The van der Waals surface area contributed by atoms with Crippen molar-refractivity contribution in [3.8, 4) is 0 Å². The molecular weight excluding hydrogens is 246 g/mol. The Labute approximate surface area is 112 Å². The van der Waals surface area contributed by atoms with Gasteiger partial charge in [0.05, 0.1) is 25.6 Å². The van der Waals surface area contributed by atoms with Crippen LogP contribution in [-0.4, -0.2) is 30.1 Å². The van der Waals surface area contributed by atoms with Crippen LogP contribution in [0.15, 0.2) is 24.5 Å². The summed E-state index contributed by atoms with van der Waals surface area (Å²) < 4.78 is 9.87. The molecule has 5 heteroatoms. The van der Waals surface area contributed by atoms with Gasteiger partial charge in [0.1, 0.15) is 0 Å². The SMILES string of the molecule is CCOC(=O)CC(Cc1ccncc1)C(=O)OCC. The summed E-state index contributed by atoms with van der Waals surface area (Å²) in [6.45, 7) is 4.09. The third-order valence-electron chi connectivity index (χ3n) is 2.57. The first-order chi connectivity index (χ1) is 9.17. The van der Waals surface area contributed by atoms with Crippen LogP contribution in [-0.2, 0) is 25.5 Å². The summed E-state index contributed by atoms with van der Waals surface area (Å²) in [5.74, 6) is -1.26. The second-order valence-electron chi connectivity index (χ2n) is 4.02. The minimum Gasteiger partial charge on any atom is -0.466 e. The number of hydrogen-bond donors (Lipinski definition) is 0. The summed E-state index contributed by atoms with van der Waals surface area (Å²) in [5.41, 5.74) is 0.942. The van der Waals surface area contributed by atoms with Crippen molar-refractivity contribution in [2.45, 2.75) is 26.7 Å². The van der Waals surface area contributed by atoms with Crippen molar-refractivity contribution < 1.29 is 19.1 Å². The molecule has 0 spiro atoms. The molecule has 0 amide bonds. The molecule has 0 aliphatic heterocycles. The Bertz CT molecular complexity index is 405. The minimum atomic E-state index is -0.513. The third-order valence-corrected chi connectivity index (χ3v) is 2.57. The molecule has 0 bridgehead atoms. The van der Waals surface area contributed by atoms with Gasteiger partial charge in [-0.05, 0) is 38.0 Å². The van der Waals surface area contributed by atoms with E-state index in [-0.39, 0.29) is 18.4 Å². The number of esters is 2. The highest BCUT2D eigenvalue weighted by Crippen LogP contribution is 2.14. The molecule has 1 unspecified atom stereocenters. The fourth-order valence-electron chi connectivity index (χ4n) is 1.72. The van der Waals surface area contributed by atoms with Gasteiger partial charge in [-0.25, -0.2) is 0 Å². The van der Waals surface area contributed by atoms with Crippen LogP contribution in [0.3, 0.4) is 0 Å². The lowest BCUT2D eigenvalue weighted by Crippen LogP contribution is -2.24. The molecule has 1 aromatic rings. The van der Waals surface area contributed by atoms with Crippen LogP contribution in [0.2, 0.25) is 0 Å². The Kier molecular flexibility index (Phi) is 6.57. The smallest absolute Gasteiger partial charge is 0.309 e. The van der Waals surface area contributed by atoms with E-state index in [1.807, 2.05) is 12.1 Å². The maximum absolute atomic E-state index is 11.8. The Morgan fingerprint density at radius 1 is 1.16 bits per heavy atom. The average Bonchev–Trinajstić information content (AvgIpc) is 2.40. The second-order valence-corrected chi connectivity index (χ2v) is 4.02. The zero-order valence-electron chi connectivity index (χ0n) is 11.3. The van der Waals surface area contributed by atoms with Crippen molar-refractivity contribution in [2.75, 3.05) is 13.2 Å². The Hall–Kier alpha value is -1.91. The molecule has 104 valence electrons. The number of nitrogens with zero attached hydrogens (tertiary/aromatic N) is 1. The van der Waals surface area contributed by atoms with Gasteiger partial charge in [0.25, 0.3) is 0 Å². The third kappa shape index (κ3) is 5.50. The van der Waals surface area contributed by atoms with E-state index in [2.05, 4.69) is 4.98 Å². The van der Waals surface area contributed by atoms with Gasteiger partial charge in [-0.3, -0.25) is 14.6 Å². The predicted octanol–water partition coefficient (Wildman–Crippen LogP) is 1.76. The Morgan fingerprint density at radius 3 is 2.37 bits per heavy atom. The Balaban J connectivity index is 2.69. The predicted molar refractivity (Wildman–Crippen MR) is 69.3 cm³/mol. The van der Waals surface area contributed by atoms with Crippen LogP contribution in [0.5, 0.6) is 0 Å². The highest BCUT2D eigenvalue weighted by molar-refractivity contribution is 5.80. The molecule has 5 nitrogen and oxygen atoms in total. The van der Waals surface area contributed by atoms with E-state index in [0.29, 0.717) is 19.6 Å². The molecule has 0 aliphatic rings. The highest BCUT2D eigenvalue weighted by Gasteiger charge is 2.24. The molecule has 1 atom stereocenters. The second kappa shape index (κ2) is 8.24. The van der Waals surface area contributed by atoms with Gasteiger partial charge in [-0.15, -0.1) is 0 Å². The fourth-order valence-corrected chi connectivity index (χ4v) is 1.72. The maximum atomic E-state index is 11.8. The van der Waals surface area contributed by atoms with E-state index in [0.717, 1.165) is 5.56 Å². The summed E-state index contributed by atoms with van der Waals surface area (Å²) in [4.78, 5) is 27.3. The summed E-state index contributed by atoms with van der Waals surface area (Å²) in [6.07, 6.45) is 3.79. The lowest BCUT2D eigenvalue weighted by Gasteiger charge is -2.14. The number of ether oxygens (including phenoxy) is 2. The van der Waals surface area contributed by atoms with Crippen molar-refractivity contribution in [1.82, 2.24) is 4.98 Å². The highest BCUT2D eigenvalue weighted by atomic mass is 16.5. The summed E-state index contributed by atoms with van der Waals surface area (Å²) in [6, 6.07) is 3.63. The van der Waals surface area contributed by atoms with Gasteiger partial charge in [-0.2, -0.15) is 0 Å². The van der Waals surface area contributed by atoms with Crippen LogP contribution in [0.25, 0.3) is 0 Å². The zero-order valence-corrected chi connectivity index (χ0v) is 11.3. The lowest BCUT2D eigenvalue weighted by atomic mass is 9.97. The number of pyridine rings is 1. The van der Waals surface area contributed by atoms with E-state index in [1.165, 1.54) is 0 Å². The molecule has 0 saturated heterocycles. The van der Waals surface area contributed by atoms with Crippen LogP contribution in [0, 0.1) is 5.92 Å². The largest absolute Gasteiger partial charge is 0.466 e. The number of aromatic nitrogens is 1. The van der Waals surface area contributed by atoms with E-state index in [9.17, 15) is 9.59 Å². The summed E-state index contributed by atoms with van der Waals surface area (Å²) in [7, 11) is 0. The van der Waals surface area contributed by atoms with E-state index >= 15 is 0 Å². The van der Waals surface area contributed by atoms with Gasteiger partial charge in [-0.1, -0.05) is 0 Å². The standard InChI is InChI=1S/C14H19NO4/c1-3-18-13(16)10-12(14(17)19-4-2)9-11-5-7-15-8-6-11/h5-8,12H,3-4,9-10H2,1-2H3. The van der Waals surface area contributed by atoms with Crippen LogP contribution in [0.1, 0.15) is 25.8 Å². The van der Waals surface area contributed by atoms with Crippen molar-refractivity contribution in [3.05, 3.63) is 30.1 Å². The number of carbonyl (C=O) groups excluding carboxylic acids is 2. The first-order valence-corrected chi connectivity index (χ1v) is 6.38.